The van der Waals surface area contributed by atoms with Crippen molar-refractivity contribution in [1.82, 2.24) is 8.80 Å². The quantitative estimate of drug-likeness (QED) is 0.247. The summed E-state index contributed by atoms with van der Waals surface area (Å²) in [6.07, 6.45) is 2.33. The Morgan fingerprint density at radius 3 is 1.88 bits per heavy atom. The van der Waals surface area contributed by atoms with Gasteiger partial charge in [0.25, 0.3) is 0 Å². The first-order chi connectivity index (χ1) is 16.9. The number of hydrogen-bond acceptors (Lipinski definition) is 0. The van der Waals surface area contributed by atoms with E-state index in [0.717, 1.165) is 0 Å². The van der Waals surface area contributed by atoms with E-state index in [9.17, 15) is 0 Å². The van der Waals surface area contributed by atoms with Crippen LogP contribution in [0, 0.1) is 0 Å². The Balaban J connectivity index is 1.51. The second-order valence-electron chi connectivity index (χ2n) is 9.42. The van der Waals surface area contributed by atoms with Crippen LogP contribution in [0.3, 0.4) is 0 Å². The number of para-hydroxylation sites is 3. The van der Waals surface area contributed by atoms with Gasteiger partial charge in [-0.1, -0.05) is 84.9 Å². The average molecular weight is 431 g/mol. The van der Waals surface area contributed by atoms with Gasteiger partial charge in [0.05, 0.1) is 27.6 Å². The van der Waals surface area contributed by atoms with Crippen molar-refractivity contribution in [3.63, 3.8) is 0 Å². The number of fused-ring (bicyclic) bond motifs is 9. The lowest BCUT2D eigenvalue weighted by molar-refractivity contribution is 1.30. The first-order valence-electron chi connectivity index (χ1n) is 11.8. The van der Waals surface area contributed by atoms with Gasteiger partial charge >= 0.3 is 0 Å². The van der Waals surface area contributed by atoms with Crippen LogP contribution in [0.4, 0.5) is 0 Å². The van der Waals surface area contributed by atoms with Gasteiger partial charge in [-0.05, 0) is 23.8 Å². The third kappa shape index (κ3) is 1.83. The summed E-state index contributed by atoms with van der Waals surface area (Å²) in [5, 5.41) is 9.26. The molecule has 2 heteroatoms. The van der Waals surface area contributed by atoms with Crippen LogP contribution in [0.1, 0.15) is 0 Å². The molecule has 0 atom stereocenters. The SMILES string of the molecule is c1ccc(-c2cn3c4cc5c6cccc7c8ccccc8n(c5cc4c4cccc2c43)c76)cc1. The number of nitrogens with zero attached hydrogens (tertiary/aromatic N) is 2. The molecule has 0 spiro atoms. The summed E-state index contributed by atoms with van der Waals surface area (Å²) in [5.41, 5.74) is 9.06. The minimum atomic E-state index is 1.26. The molecule has 4 heterocycles. The van der Waals surface area contributed by atoms with E-state index in [2.05, 4.69) is 118 Å². The molecule has 4 aromatic heterocycles. The molecule has 0 aliphatic rings. The van der Waals surface area contributed by atoms with Crippen molar-refractivity contribution in [3.8, 4) is 11.1 Å². The Kier molecular flexibility index (Phi) is 2.83. The standard InChI is InChI=1S/C32H18N2/c1-2-8-19(9-3-1)27-18-33-29-16-26-23-13-6-11-21-20-10-4-5-15-28(20)34(32(21)23)30(26)17-25(29)22-12-7-14-24(27)31(22)33/h1-18H. The van der Waals surface area contributed by atoms with E-state index in [1.807, 2.05) is 0 Å². The lowest BCUT2D eigenvalue weighted by Gasteiger charge is -2.01. The molecule has 0 aliphatic carbocycles. The predicted octanol–water partition coefficient (Wildman–Crippen LogP) is 8.50. The molecule has 0 aliphatic heterocycles. The first-order valence-corrected chi connectivity index (χ1v) is 11.8. The molecular formula is C32H18N2. The van der Waals surface area contributed by atoms with Crippen molar-refractivity contribution >= 4 is 65.3 Å². The maximum atomic E-state index is 2.47. The van der Waals surface area contributed by atoms with E-state index in [-0.39, 0.29) is 0 Å². The Morgan fingerprint density at radius 2 is 1.03 bits per heavy atom. The van der Waals surface area contributed by atoms with E-state index in [4.69, 9.17) is 0 Å². The highest BCUT2D eigenvalue weighted by Crippen LogP contribution is 2.44. The largest absolute Gasteiger partial charge is 0.315 e. The average Bonchev–Trinajstić information content (AvgIpc) is 3.62. The molecule has 34 heavy (non-hydrogen) atoms. The van der Waals surface area contributed by atoms with Crippen LogP contribution in [0.25, 0.3) is 76.4 Å². The molecule has 2 nitrogen and oxygen atoms in total. The summed E-state index contributed by atoms with van der Waals surface area (Å²) in [7, 11) is 0. The van der Waals surface area contributed by atoms with Gasteiger partial charge in [0.1, 0.15) is 0 Å². The topological polar surface area (TPSA) is 8.82 Å². The fourth-order valence-corrected chi connectivity index (χ4v) is 6.42. The van der Waals surface area contributed by atoms with Crippen LogP contribution in [-0.2, 0) is 0 Å². The first kappa shape index (κ1) is 17.0. The molecule has 0 saturated heterocycles. The van der Waals surface area contributed by atoms with Crippen LogP contribution >= 0.6 is 0 Å². The molecule has 0 N–H and O–H groups in total. The molecule has 9 rings (SSSR count). The van der Waals surface area contributed by atoms with Gasteiger partial charge in [-0.15, -0.1) is 0 Å². The highest BCUT2D eigenvalue weighted by atomic mass is 14.9. The summed E-state index contributed by atoms with van der Waals surface area (Å²) in [6.45, 7) is 0. The van der Waals surface area contributed by atoms with E-state index in [1.54, 1.807) is 0 Å². The number of benzene rings is 5. The van der Waals surface area contributed by atoms with Crippen molar-refractivity contribution in [3.05, 3.63) is 109 Å². The molecule has 0 unspecified atom stereocenters. The van der Waals surface area contributed by atoms with E-state index in [1.165, 1.54) is 76.4 Å². The molecule has 9 aromatic rings. The summed E-state index contributed by atoms with van der Waals surface area (Å²) >= 11 is 0. The third-order valence-electron chi connectivity index (χ3n) is 7.80. The third-order valence-corrected chi connectivity index (χ3v) is 7.80. The molecule has 0 radical (unpaired) electrons. The van der Waals surface area contributed by atoms with Crippen molar-refractivity contribution < 1.29 is 0 Å². The lowest BCUT2D eigenvalue weighted by Crippen LogP contribution is -1.82. The number of rotatable bonds is 1. The second kappa shape index (κ2) is 5.67. The van der Waals surface area contributed by atoms with E-state index >= 15 is 0 Å². The number of hydrogen-bond donors (Lipinski definition) is 0. The zero-order valence-corrected chi connectivity index (χ0v) is 18.3. The fraction of sp³-hybridized carbons (Fsp3) is 0. The van der Waals surface area contributed by atoms with Gasteiger partial charge in [-0.3, -0.25) is 0 Å². The highest BCUT2D eigenvalue weighted by Gasteiger charge is 2.21. The van der Waals surface area contributed by atoms with Crippen molar-refractivity contribution in [2.24, 2.45) is 0 Å². The van der Waals surface area contributed by atoms with Crippen LogP contribution in [-0.4, -0.2) is 8.80 Å². The minimum absolute atomic E-state index is 1.26. The van der Waals surface area contributed by atoms with Gasteiger partial charge in [0, 0.05) is 49.5 Å². The zero-order valence-electron chi connectivity index (χ0n) is 18.3. The van der Waals surface area contributed by atoms with E-state index in [0.29, 0.717) is 0 Å². The van der Waals surface area contributed by atoms with Crippen LogP contribution < -0.4 is 0 Å². The van der Waals surface area contributed by atoms with Gasteiger partial charge in [0.2, 0.25) is 0 Å². The molecule has 0 saturated carbocycles. The molecular weight excluding hydrogens is 412 g/mol. The lowest BCUT2D eigenvalue weighted by atomic mass is 10.0. The monoisotopic (exact) mass is 430 g/mol. The normalized spacial score (nSPS) is 12.7. The second-order valence-corrected chi connectivity index (χ2v) is 9.42. The maximum Gasteiger partial charge on any atom is 0.0620 e. The zero-order chi connectivity index (χ0) is 22.0. The Bertz CT molecular complexity index is 2210. The van der Waals surface area contributed by atoms with Gasteiger partial charge in [-0.25, -0.2) is 0 Å². The molecule has 0 amide bonds. The summed E-state index contributed by atoms with van der Waals surface area (Å²) in [4.78, 5) is 0. The minimum Gasteiger partial charge on any atom is -0.315 e. The maximum absolute atomic E-state index is 2.47. The Hall–Kier alpha value is -4.56. The van der Waals surface area contributed by atoms with Crippen molar-refractivity contribution in [2.45, 2.75) is 0 Å². The van der Waals surface area contributed by atoms with Crippen molar-refractivity contribution in [1.29, 1.82) is 0 Å². The highest BCUT2D eigenvalue weighted by molar-refractivity contribution is 6.27. The van der Waals surface area contributed by atoms with Gasteiger partial charge < -0.3 is 8.80 Å². The van der Waals surface area contributed by atoms with Crippen LogP contribution in [0.15, 0.2) is 109 Å². The molecule has 0 bridgehead atoms. The Morgan fingerprint density at radius 1 is 0.412 bits per heavy atom. The summed E-state index contributed by atoms with van der Waals surface area (Å²) in [5.74, 6) is 0. The van der Waals surface area contributed by atoms with Crippen LogP contribution in [0.2, 0.25) is 0 Å². The Labute approximate surface area is 194 Å². The fourth-order valence-electron chi connectivity index (χ4n) is 6.42. The van der Waals surface area contributed by atoms with Crippen molar-refractivity contribution in [2.75, 3.05) is 0 Å². The summed E-state index contributed by atoms with van der Waals surface area (Å²) < 4.78 is 4.88. The number of aromatic nitrogens is 2. The molecule has 156 valence electrons. The summed E-state index contributed by atoms with van der Waals surface area (Å²) in [6, 6.07) is 37.8. The van der Waals surface area contributed by atoms with Gasteiger partial charge in [0.15, 0.2) is 0 Å². The molecule has 0 fully saturated rings. The van der Waals surface area contributed by atoms with Gasteiger partial charge in [-0.2, -0.15) is 0 Å². The smallest absolute Gasteiger partial charge is 0.0620 e. The molecule has 5 aromatic carbocycles. The van der Waals surface area contributed by atoms with E-state index < -0.39 is 0 Å². The predicted molar refractivity (Wildman–Crippen MR) is 144 cm³/mol. The van der Waals surface area contributed by atoms with Crippen LogP contribution in [0.5, 0.6) is 0 Å².